The van der Waals surface area contributed by atoms with Crippen LogP contribution in [0.1, 0.15) is 53.5 Å². The average Bonchev–Trinajstić information content (AvgIpc) is 2.80. The van der Waals surface area contributed by atoms with Crippen LogP contribution in [0, 0.1) is 6.92 Å². The highest BCUT2D eigenvalue weighted by Gasteiger charge is 2.30. The van der Waals surface area contributed by atoms with E-state index in [0.717, 1.165) is 43.7 Å². The van der Waals surface area contributed by atoms with Crippen LogP contribution in [0.4, 0.5) is 0 Å². The normalized spacial score (nSPS) is 19.3. The van der Waals surface area contributed by atoms with E-state index in [-0.39, 0.29) is 11.9 Å². The summed E-state index contributed by atoms with van der Waals surface area (Å²) in [7, 11) is 0. The Balaban J connectivity index is 1.90. The van der Waals surface area contributed by atoms with Crippen molar-refractivity contribution in [1.82, 2.24) is 15.0 Å². The zero-order chi connectivity index (χ0) is 14.7. The molecule has 1 aliphatic rings. The van der Waals surface area contributed by atoms with E-state index in [1.165, 1.54) is 0 Å². The topological polar surface area (TPSA) is 59.2 Å². The summed E-state index contributed by atoms with van der Waals surface area (Å²) in [6.07, 6.45) is 7.50. The number of amides is 1. The summed E-state index contributed by atoms with van der Waals surface area (Å²) in [4.78, 5) is 18.7. The number of aryl methyl sites for hydroxylation is 1. The Hall–Kier alpha value is -2.17. The van der Waals surface area contributed by atoms with Gasteiger partial charge in [-0.05, 0) is 31.9 Å². The van der Waals surface area contributed by atoms with Crippen LogP contribution in [0.2, 0.25) is 0 Å². The standard InChI is InChI=1S/C16H19N3O2/c1-12-11-15(21-18-12)14-5-3-2-4-10-19(14)16(20)13-6-8-17-9-7-13/h6-9,11,14H,2-5,10H2,1H3. The van der Waals surface area contributed by atoms with Crippen LogP contribution < -0.4 is 0 Å². The van der Waals surface area contributed by atoms with Crippen molar-refractivity contribution in [2.24, 2.45) is 0 Å². The molecule has 2 aromatic rings. The Bertz CT molecular complexity index is 609. The molecule has 3 heterocycles. The van der Waals surface area contributed by atoms with Gasteiger partial charge in [0.2, 0.25) is 0 Å². The Labute approximate surface area is 124 Å². The van der Waals surface area contributed by atoms with Gasteiger partial charge in [0, 0.05) is 30.6 Å². The number of pyridine rings is 1. The lowest BCUT2D eigenvalue weighted by Gasteiger charge is -2.28. The Kier molecular flexibility index (Phi) is 3.99. The first kappa shape index (κ1) is 13.8. The predicted molar refractivity (Wildman–Crippen MR) is 77.7 cm³/mol. The van der Waals surface area contributed by atoms with Crippen molar-refractivity contribution in [1.29, 1.82) is 0 Å². The second-order valence-corrected chi connectivity index (χ2v) is 5.47. The summed E-state index contributed by atoms with van der Waals surface area (Å²) in [6.45, 7) is 2.66. The lowest BCUT2D eigenvalue weighted by molar-refractivity contribution is 0.0651. The van der Waals surface area contributed by atoms with E-state index in [0.29, 0.717) is 5.56 Å². The molecule has 1 fully saturated rings. The molecule has 0 spiro atoms. The van der Waals surface area contributed by atoms with Gasteiger partial charge in [-0.25, -0.2) is 0 Å². The first-order valence-electron chi connectivity index (χ1n) is 7.40. The highest BCUT2D eigenvalue weighted by Crippen LogP contribution is 2.31. The molecule has 0 N–H and O–H groups in total. The third-order valence-electron chi connectivity index (χ3n) is 3.92. The van der Waals surface area contributed by atoms with Gasteiger partial charge >= 0.3 is 0 Å². The molecular weight excluding hydrogens is 266 g/mol. The molecule has 0 bridgehead atoms. The third-order valence-corrected chi connectivity index (χ3v) is 3.92. The van der Waals surface area contributed by atoms with Crippen molar-refractivity contribution in [3.05, 3.63) is 47.6 Å². The molecule has 1 atom stereocenters. The fourth-order valence-electron chi connectivity index (χ4n) is 2.85. The number of carbonyl (C=O) groups is 1. The van der Waals surface area contributed by atoms with Gasteiger partial charge in [-0.15, -0.1) is 0 Å². The van der Waals surface area contributed by atoms with Crippen molar-refractivity contribution in [3.63, 3.8) is 0 Å². The fraction of sp³-hybridized carbons (Fsp3) is 0.438. The number of hydrogen-bond acceptors (Lipinski definition) is 4. The molecule has 1 aliphatic heterocycles. The molecule has 0 aliphatic carbocycles. The molecule has 3 rings (SSSR count). The third kappa shape index (κ3) is 2.96. The van der Waals surface area contributed by atoms with Crippen LogP contribution in [0.5, 0.6) is 0 Å². The highest BCUT2D eigenvalue weighted by molar-refractivity contribution is 5.94. The number of rotatable bonds is 2. The van der Waals surface area contributed by atoms with Crippen molar-refractivity contribution in [2.75, 3.05) is 6.54 Å². The van der Waals surface area contributed by atoms with E-state index >= 15 is 0 Å². The largest absolute Gasteiger partial charge is 0.359 e. The fourth-order valence-corrected chi connectivity index (χ4v) is 2.85. The number of likely N-dealkylation sites (tertiary alicyclic amines) is 1. The SMILES string of the molecule is Cc1cc(C2CCCCCN2C(=O)c2ccncc2)on1. The molecule has 5 heteroatoms. The maximum Gasteiger partial charge on any atom is 0.254 e. The molecule has 0 radical (unpaired) electrons. The molecule has 110 valence electrons. The number of hydrogen-bond donors (Lipinski definition) is 0. The minimum atomic E-state index is -0.0191. The van der Waals surface area contributed by atoms with Gasteiger partial charge in [-0.3, -0.25) is 9.78 Å². The molecule has 0 saturated carbocycles. The van der Waals surface area contributed by atoms with Crippen LogP contribution in [0.25, 0.3) is 0 Å². The predicted octanol–water partition coefficient (Wildman–Crippen LogP) is 3.14. The van der Waals surface area contributed by atoms with Crippen LogP contribution in [0.15, 0.2) is 35.1 Å². The van der Waals surface area contributed by atoms with Crippen molar-refractivity contribution in [2.45, 2.75) is 38.6 Å². The van der Waals surface area contributed by atoms with E-state index < -0.39 is 0 Å². The summed E-state index contributed by atoms with van der Waals surface area (Å²) < 4.78 is 5.42. The Morgan fingerprint density at radius 2 is 2.10 bits per heavy atom. The van der Waals surface area contributed by atoms with Gasteiger partial charge in [-0.1, -0.05) is 18.0 Å². The summed E-state index contributed by atoms with van der Waals surface area (Å²) in [5.41, 5.74) is 1.53. The maximum absolute atomic E-state index is 12.8. The summed E-state index contributed by atoms with van der Waals surface area (Å²) >= 11 is 0. The molecule has 21 heavy (non-hydrogen) atoms. The molecule has 1 amide bonds. The summed E-state index contributed by atoms with van der Waals surface area (Å²) in [6, 6.07) is 5.43. The molecule has 2 aromatic heterocycles. The van der Waals surface area contributed by atoms with E-state index in [2.05, 4.69) is 10.1 Å². The minimum Gasteiger partial charge on any atom is -0.359 e. The Morgan fingerprint density at radius 3 is 2.81 bits per heavy atom. The molecule has 0 aromatic carbocycles. The van der Waals surface area contributed by atoms with Crippen LogP contribution in [0.3, 0.4) is 0 Å². The second kappa shape index (κ2) is 6.08. The van der Waals surface area contributed by atoms with Gasteiger partial charge in [0.1, 0.15) is 0 Å². The summed E-state index contributed by atoms with van der Waals surface area (Å²) in [5.74, 6) is 0.829. The zero-order valence-electron chi connectivity index (χ0n) is 12.2. The highest BCUT2D eigenvalue weighted by atomic mass is 16.5. The minimum absolute atomic E-state index is 0.0191. The number of aromatic nitrogens is 2. The van der Waals surface area contributed by atoms with Crippen molar-refractivity contribution >= 4 is 5.91 Å². The van der Waals surface area contributed by atoms with E-state index in [9.17, 15) is 4.79 Å². The van der Waals surface area contributed by atoms with E-state index in [4.69, 9.17) is 4.52 Å². The van der Waals surface area contributed by atoms with E-state index in [1.807, 2.05) is 17.9 Å². The van der Waals surface area contributed by atoms with Crippen molar-refractivity contribution in [3.8, 4) is 0 Å². The maximum atomic E-state index is 12.8. The first-order chi connectivity index (χ1) is 10.3. The smallest absolute Gasteiger partial charge is 0.254 e. The number of carbonyl (C=O) groups excluding carboxylic acids is 1. The van der Waals surface area contributed by atoms with Gasteiger partial charge < -0.3 is 9.42 Å². The van der Waals surface area contributed by atoms with Gasteiger partial charge in [0.25, 0.3) is 5.91 Å². The van der Waals surface area contributed by atoms with Crippen LogP contribution >= 0.6 is 0 Å². The van der Waals surface area contributed by atoms with Crippen LogP contribution in [-0.4, -0.2) is 27.5 Å². The van der Waals surface area contributed by atoms with Gasteiger partial charge in [0.05, 0.1) is 11.7 Å². The first-order valence-corrected chi connectivity index (χ1v) is 7.40. The average molecular weight is 285 g/mol. The monoisotopic (exact) mass is 285 g/mol. The lowest BCUT2D eigenvalue weighted by atomic mass is 10.1. The Morgan fingerprint density at radius 1 is 1.29 bits per heavy atom. The molecular formula is C16H19N3O2. The number of nitrogens with zero attached hydrogens (tertiary/aromatic N) is 3. The summed E-state index contributed by atoms with van der Waals surface area (Å²) in [5, 5.41) is 3.97. The molecule has 1 saturated heterocycles. The quantitative estimate of drug-likeness (QED) is 0.850. The van der Waals surface area contributed by atoms with Gasteiger partial charge in [0.15, 0.2) is 5.76 Å². The van der Waals surface area contributed by atoms with Gasteiger partial charge in [-0.2, -0.15) is 0 Å². The molecule has 5 nitrogen and oxygen atoms in total. The van der Waals surface area contributed by atoms with Crippen LogP contribution in [-0.2, 0) is 0 Å². The van der Waals surface area contributed by atoms with Crippen molar-refractivity contribution < 1.29 is 9.32 Å². The second-order valence-electron chi connectivity index (χ2n) is 5.47. The lowest BCUT2D eigenvalue weighted by Crippen LogP contribution is -2.34. The molecule has 1 unspecified atom stereocenters. The zero-order valence-corrected chi connectivity index (χ0v) is 12.2. The van der Waals surface area contributed by atoms with E-state index in [1.54, 1.807) is 24.5 Å².